The van der Waals surface area contributed by atoms with E-state index in [1.165, 1.54) is 10.4 Å². The Morgan fingerprint density at radius 3 is 2.89 bits per heavy atom. The number of aromatic nitrogens is 3. The van der Waals surface area contributed by atoms with Gasteiger partial charge in [0.05, 0.1) is 24.1 Å². The molecule has 3 aromatic heterocycles. The molecule has 0 amide bonds. The van der Waals surface area contributed by atoms with Gasteiger partial charge >= 0.3 is 0 Å². The van der Waals surface area contributed by atoms with E-state index in [4.69, 9.17) is 13.7 Å². The van der Waals surface area contributed by atoms with Crippen LogP contribution in [0.2, 0.25) is 0 Å². The Hall–Kier alpha value is -2.97. The molecule has 1 aliphatic heterocycles. The molecule has 0 aliphatic carbocycles. The third-order valence-corrected chi connectivity index (χ3v) is 5.87. The lowest BCUT2D eigenvalue weighted by Gasteiger charge is -2.10. The average Bonchev–Trinajstić information content (AvgIpc) is 3.47. The van der Waals surface area contributed by atoms with E-state index < -0.39 is 0 Å². The molecule has 1 aliphatic rings. The fraction of sp³-hybridized carbons (Fsp3) is 0.250. The molecule has 1 aromatic carbocycles. The Bertz CT molecular complexity index is 1070. The number of rotatable bonds is 5. The first kappa shape index (κ1) is 17.2. The molecular formula is C20H18N4O3S. The molecule has 0 spiro atoms. The number of ether oxygens (including phenoxy) is 1. The zero-order valence-corrected chi connectivity index (χ0v) is 16.1. The summed E-state index contributed by atoms with van der Waals surface area (Å²) in [5.41, 5.74) is 2.97. The molecule has 0 saturated heterocycles. The predicted molar refractivity (Wildman–Crippen MR) is 104 cm³/mol. The van der Waals surface area contributed by atoms with Crippen molar-refractivity contribution >= 4 is 11.3 Å². The Kier molecular flexibility index (Phi) is 4.42. The third kappa shape index (κ3) is 3.32. The highest BCUT2D eigenvalue weighted by molar-refractivity contribution is 7.15. The van der Waals surface area contributed by atoms with Gasteiger partial charge in [0.25, 0.3) is 5.89 Å². The molecule has 0 radical (unpaired) electrons. The van der Waals surface area contributed by atoms with Gasteiger partial charge in [-0.2, -0.15) is 4.98 Å². The predicted octanol–water partition coefficient (Wildman–Crippen LogP) is 3.70. The zero-order chi connectivity index (χ0) is 18.9. The number of oxazole rings is 1. The lowest BCUT2D eigenvalue weighted by Crippen LogP contribution is -2.21. The maximum Gasteiger partial charge on any atom is 0.268 e. The molecule has 0 atom stereocenters. The molecule has 0 unspecified atom stereocenters. The second-order valence-corrected chi connectivity index (χ2v) is 7.69. The van der Waals surface area contributed by atoms with Crippen LogP contribution < -0.4 is 10.1 Å². The Morgan fingerprint density at radius 2 is 2.07 bits per heavy atom. The van der Waals surface area contributed by atoms with Crippen LogP contribution in [0.3, 0.4) is 0 Å². The summed E-state index contributed by atoms with van der Waals surface area (Å²) in [6.07, 6.45) is 3.13. The van der Waals surface area contributed by atoms with Crippen molar-refractivity contribution in [2.75, 3.05) is 13.7 Å². The molecule has 4 heterocycles. The van der Waals surface area contributed by atoms with Crippen LogP contribution in [0.1, 0.15) is 22.0 Å². The summed E-state index contributed by atoms with van der Waals surface area (Å²) in [5, 5.41) is 7.49. The number of thiophene rings is 1. The number of benzene rings is 1. The minimum absolute atomic E-state index is 0.454. The smallest absolute Gasteiger partial charge is 0.268 e. The number of hydrogen-bond donors (Lipinski definition) is 1. The van der Waals surface area contributed by atoms with E-state index in [2.05, 4.69) is 26.5 Å². The Balaban J connectivity index is 1.32. The van der Waals surface area contributed by atoms with Crippen molar-refractivity contribution in [2.45, 2.75) is 19.4 Å². The Labute approximate surface area is 165 Å². The van der Waals surface area contributed by atoms with E-state index in [-0.39, 0.29) is 0 Å². The second-order valence-electron chi connectivity index (χ2n) is 6.55. The first-order chi connectivity index (χ1) is 13.8. The molecule has 142 valence electrons. The summed E-state index contributed by atoms with van der Waals surface area (Å²) in [7, 11) is 1.64. The molecule has 28 heavy (non-hydrogen) atoms. The van der Waals surface area contributed by atoms with Crippen molar-refractivity contribution < 1.29 is 13.7 Å². The topological polar surface area (TPSA) is 86.2 Å². The molecule has 0 fully saturated rings. The van der Waals surface area contributed by atoms with E-state index in [0.29, 0.717) is 24.0 Å². The SMILES string of the molecule is COc1ccc(-c2nc(Cc3noc(-c4cc5c(s4)CCNC5)n3)co2)cc1. The second kappa shape index (κ2) is 7.21. The van der Waals surface area contributed by atoms with Gasteiger partial charge in [-0.15, -0.1) is 11.3 Å². The van der Waals surface area contributed by atoms with Crippen LogP contribution in [-0.4, -0.2) is 28.8 Å². The van der Waals surface area contributed by atoms with Crippen LogP contribution in [0.15, 0.2) is 45.5 Å². The summed E-state index contributed by atoms with van der Waals surface area (Å²) in [6, 6.07) is 9.71. The van der Waals surface area contributed by atoms with Gasteiger partial charge in [-0.25, -0.2) is 4.98 Å². The fourth-order valence-electron chi connectivity index (χ4n) is 3.20. The molecular weight excluding hydrogens is 376 g/mol. The summed E-state index contributed by atoms with van der Waals surface area (Å²) < 4.78 is 16.2. The highest BCUT2D eigenvalue weighted by atomic mass is 32.1. The first-order valence-electron chi connectivity index (χ1n) is 9.02. The van der Waals surface area contributed by atoms with Crippen LogP contribution in [0, 0.1) is 0 Å². The summed E-state index contributed by atoms with van der Waals surface area (Å²) >= 11 is 1.73. The Morgan fingerprint density at radius 1 is 1.18 bits per heavy atom. The van der Waals surface area contributed by atoms with Crippen molar-refractivity contribution in [1.82, 2.24) is 20.4 Å². The zero-order valence-electron chi connectivity index (χ0n) is 15.3. The lowest BCUT2D eigenvalue weighted by molar-refractivity contribution is 0.415. The molecule has 1 N–H and O–H groups in total. The van der Waals surface area contributed by atoms with Gasteiger partial charge in [0, 0.05) is 23.5 Å². The molecule has 5 rings (SSSR count). The van der Waals surface area contributed by atoms with Crippen molar-refractivity contribution in [3.8, 4) is 28.0 Å². The maximum atomic E-state index is 5.60. The van der Waals surface area contributed by atoms with Gasteiger partial charge in [0.1, 0.15) is 12.0 Å². The normalized spacial score (nSPS) is 13.5. The van der Waals surface area contributed by atoms with Gasteiger partial charge in [-0.05, 0) is 42.3 Å². The minimum Gasteiger partial charge on any atom is -0.497 e. The number of methoxy groups -OCH3 is 1. The van der Waals surface area contributed by atoms with E-state index in [9.17, 15) is 0 Å². The number of fused-ring (bicyclic) bond motifs is 1. The number of nitrogens with one attached hydrogen (secondary N) is 1. The van der Waals surface area contributed by atoms with Gasteiger partial charge in [-0.3, -0.25) is 0 Å². The van der Waals surface area contributed by atoms with Crippen molar-refractivity contribution in [2.24, 2.45) is 0 Å². The summed E-state index contributed by atoms with van der Waals surface area (Å²) in [6.45, 7) is 1.92. The molecule has 4 aromatic rings. The van der Waals surface area contributed by atoms with Crippen molar-refractivity contribution in [1.29, 1.82) is 0 Å². The quantitative estimate of drug-likeness (QED) is 0.552. The van der Waals surface area contributed by atoms with Gasteiger partial charge in [0.2, 0.25) is 5.89 Å². The summed E-state index contributed by atoms with van der Waals surface area (Å²) in [5.74, 6) is 2.50. The van der Waals surface area contributed by atoms with Crippen LogP contribution in [0.25, 0.3) is 22.2 Å². The molecule has 7 nitrogen and oxygen atoms in total. The molecule has 8 heteroatoms. The highest BCUT2D eigenvalue weighted by Gasteiger charge is 2.18. The molecule has 0 bridgehead atoms. The van der Waals surface area contributed by atoms with Crippen molar-refractivity contribution in [3.63, 3.8) is 0 Å². The number of hydrogen-bond acceptors (Lipinski definition) is 8. The first-order valence-corrected chi connectivity index (χ1v) is 9.84. The van der Waals surface area contributed by atoms with E-state index in [1.807, 2.05) is 24.3 Å². The highest BCUT2D eigenvalue weighted by Crippen LogP contribution is 2.32. The standard InChI is InChI=1S/C20H18N4O3S/c1-25-15-4-2-12(3-5-15)19-22-14(11-26-19)9-18-23-20(27-24-18)17-8-13-10-21-7-6-16(13)28-17/h2-5,8,11,21H,6-7,9-10H2,1H3. The van der Waals surface area contributed by atoms with E-state index >= 15 is 0 Å². The van der Waals surface area contributed by atoms with E-state index in [1.54, 1.807) is 24.7 Å². The van der Waals surface area contributed by atoms with Crippen LogP contribution in [0.5, 0.6) is 5.75 Å². The van der Waals surface area contributed by atoms with Crippen LogP contribution in [-0.2, 0) is 19.4 Å². The maximum absolute atomic E-state index is 5.60. The minimum atomic E-state index is 0.454. The van der Waals surface area contributed by atoms with Gasteiger partial charge in [0.15, 0.2) is 5.82 Å². The van der Waals surface area contributed by atoms with Crippen LogP contribution >= 0.6 is 11.3 Å². The van der Waals surface area contributed by atoms with Gasteiger partial charge < -0.3 is 19.0 Å². The lowest BCUT2D eigenvalue weighted by atomic mass is 10.1. The average molecular weight is 394 g/mol. The van der Waals surface area contributed by atoms with Crippen molar-refractivity contribution in [3.05, 3.63) is 58.6 Å². The molecule has 0 saturated carbocycles. The van der Waals surface area contributed by atoms with Gasteiger partial charge in [-0.1, -0.05) is 5.16 Å². The monoisotopic (exact) mass is 394 g/mol. The third-order valence-electron chi connectivity index (χ3n) is 4.65. The van der Waals surface area contributed by atoms with Crippen LogP contribution in [0.4, 0.5) is 0 Å². The largest absolute Gasteiger partial charge is 0.497 e. The van der Waals surface area contributed by atoms with E-state index in [0.717, 1.165) is 41.4 Å². The summed E-state index contributed by atoms with van der Waals surface area (Å²) in [4.78, 5) is 11.5. The number of nitrogens with zero attached hydrogens (tertiary/aromatic N) is 3. The fourth-order valence-corrected chi connectivity index (χ4v) is 4.30.